The predicted molar refractivity (Wildman–Crippen MR) is 139 cm³/mol. The third kappa shape index (κ3) is 8.09. The maximum absolute atomic E-state index is 12.5. The second kappa shape index (κ2) is 12.3. The molecule has 0 spiro atoms. The quantitative estimate of drug-likeness (QED) is 0.393. The molecule has 3 aliphatic rings. The Morgan fingerprint density at radius 1 is 1.22 bits per heavy atom. The highest BCUT2D eigenvalue weighted by molar-refractivity contribution is 7.97. The summed E-state index contributed by atoms with van der Waals surface area (Å²) < 4.78 is 43.8. The largest absolute Gasteiger partial charge is 0.573 e. The molecule has 1 aromatic rings. The van der Waals surface area contributed by atoms with Crippen LogP contribution in [0.25, 0.3) is 0 Å². The molecule has 11 heteroatoms. The highest BCUT2D eigenvalue weighted by Gasteiger charge is 2.31. The molecule has 4 rings (SSSR count). The van der Waals surface area contributed by atoms with Gasteiger partial charge in [-0.3, -0.25) is 14.9 Å². The normalized spacial score (nSPS) is 22.3. The van der Waals surface area contributed by atoms with Crippen molar-refractivity contribution >= 4 is 23.6 Å². The van der Waals surface area contributed by atoms with Crippen molar-refractivity contribution in [2.24, 2.45) is 9.98 Å². The SMILES string of the molecule is CN(C)CCCN=C1NC(CN2CCN(Sc3cccc(OC(F)(F)F)c3)CC2)=NC2CC=CC=C12. The van der Waals surface area contributed by atoms with Gasteiger partial charge in [-0.2, -0.15) is 0 Å². The number of amidine groups is 2. The molecular formula is C25H33F3N6OS. The number of aliphatic imine (C=N–C) groups is 2. The molecule has 36 heavy (non-hydrogen) atoms. The third-order valence-electron chi connectivity index (χ3n) is 5.99. The first-order chi connectivity index (χ1) is 17.2. The van der Waals surface area contributed by atoms with Crippen LogP contribution in [0.15, 0.2) is 62.9 Å². The third-order valence-corrected chi connectivity index (χ3v) is 7.08. The highest BCUT2D eigenvalue weighted by Crippen LogP contribution is 2.30. The van der Waals surface area contributed by atoms with Crippen LogP contribution in [0.5, 0.6) is 5.75 Å². The fraction of sp³-hybridized carbons (Fsp3) is 0.520. The van der Waals surface area contributed by atoms with Crippen molar-refractivity contribution in [2.75, 3.05) is 59.9 Å². The van der Waals surface area contributed by atoms with Gasteiger partial charge >= 0.3 is 6.36 Å². The van der Waals surface area contributed by atoms with Crippen molar-refractivity contribution in [3.63, 3.8) is 0 Å². The van der Waals surface area contributed by atoms with E-state index in [1.807, 2.05) is 0 Å². The number of hydrogen-bond donors (Lipinski definition) is 1. The van der Waals surface area contributed by atoms with Crippen LogP contribution in [0.4, 0.5) is 13.2 Å². The number of rotatable bonds is 9. The van der Waals surface area contributed by atoms with Gasteiger partial charge in [0.05, 0.1) is 12.6 Å². The minimum atomic E-state index is -4.69. The molecule has 1 aromatic carbocycles. The highest BCUT2D eigenvalue weighted by atomic mass is 32.2. The summed E-state index contributed by atoms with van der Waals surface area (Å²) >= 11 is 1.46. The number of allylic oxidation sites excluding steroid dienone is 2. The summed E-state index contributed by atoms with van der Waals surface area (Å²) in [5.74, 6) is 1.68. The predicted octanol–water partition coefficient (Wildman–Crippen LogP) is 3.82. The molecule has 196 valence electrons. The van der Waals surface area contributed by atoms with Crippen LogP contribution in [-0.2, 0) is 0 Å². The van der Waals surface area contributed by atoms with E-state index in [4.69, 9.17) is 9.98 Å². The van der Waals surface area contributed by atoms with Crippen LogP contribution >= 0.6 is 11.9 Å². The van der Waals surface area contributed by atoms with Gasteiger partial charge in [-0.25, -0.2) is 4.31 Å². The van der Waals surface area contributed by atoms with Crippen LogP contribution in [0, 0.1) is 0 Å². The monoisotopic (exact) mass is 522 g/mol. The zero-order valence-corrected chi connectivity index (χ0v) is 21.5. The smallest absolute Gasteiger partial charge is 0.406 e. The Balaban J connectivity index is 1.30. The first kappa shape index (κ1) is 26.7. The van der Waals surface area contributed by atoms with Crippen molar-refractivity contribution in [3.05, 3.63) is 48.1 Å². The van der Waals surface area contributed by atoms with E-state index in [0.29, 0.717) is 0 Å². The topological polar surface area (TPSA) is 55.7 Å². The van der Waals surface area contributed by atoms with Crippen LogP contribution < -0.4 is 10.1 Å². The maximum Gasteiger partial charge on any atom is 0.573 e. The second-order valence-corrected chi connectivity index (χ2v) is 10.4. The van der Waals surface area contributed by atoms with E-state index in [2.05, 4.69) is 56.5 Å². The van der Waals surface area contributed by atoms with E-state index in [9.17, 15) is 13.2 Å². The van der Waals surface area contributed by atoms with E-state index in [0.717, 1.165) is 80.8 Å². The molecule has 2 aliphatic heterocycles. The number of ether oxygens (including phenoxy) is 1. The molecule has 1 unspecified atom stereocenters. The molecule has 7 nitrogen and oxygen atoms in total. The summed E-state index contributed by atoms with van der Waals surface area (Å²) in [5, 5.41) is 3.48. The first-order valence-corrected chi connectivity index (χ1v) is 12.9. The molecule has 1 saturated heterocycles. The van der Waals surface area contributed by atoms with Gasteiger partial charge in [0.15, 0.2) is 0 Å². The molecular weight excluding hydrogens is 489 g/mol. The van der Waals surface area contributed by atoms with E-state index < -0.39 is 6.36 Å². The zero-order chi connectivity index (χ0) is 25.5. The Kier molecular flexibility index (Phi) is 9.10. The fourth-order valence-electron chi connectivity index (χ4n) is 4.26. The van der Waals surface area contributed by atoms with Crippen molar-refractivity contribution in [1.82, 2.24) is 19.4 Å². The van der Waals surface area contributed by atoms with Crippen molar-refractivity contribution < 1.29 is 17.9 Å². The van der Waals surface area contributed by atoms with Gasteiger partial charge in [0, 0.05) is 43.2 Å². The van der Waals surface area contributed by atoms with E-state index in [1.165, 1.54) is 24.1 Å². The number of hydrogen-bond acceptors (Lipinski definition) is 7. The molecule has 1 fully saturated rings. The van der Waals surface area contributed by atoms with E-state index >= 15 is 0 Å². The molecule has 0 radical (unpaired) electrons. The second-order valence-electron chi connectivity index (χ2n) is 9.21. The average molecular weight is 523 g/mol. The number of nitrogens with zero attached hydrogens (tertiary/aromatic N) is 5. The van der Waals surface area contributed by atoms with E-state index in [-0.39, 0.29) is 11.8 Å². The summed E-state index contributed by atoms with van der Waals surface area (Å²) in [5.41, 5.74) is 1.16. The van der Waals surface area contributed by atoms with Gasteiger partial charge in [-0.15, -0.1) is 13.2 Å². The first-order valence-electron chi connectivity index (χ1n) is 12.2. The standard InChI is InChI=1S/C25H33F3N6OS/c1-32(2)12-6-11-29-24-21-9-3-4-10-22(21)30-23(31-24)18-33-13-15-34(16-14-33)36-20-8-5-7-19(17-20)35-25(26,27)28/h3-5,7-9,17,22H,6,10-16,18H2,1-2H3,(H,29,30,31). The fourth-order valence-corrected chi connectivity index (χ4v) is 5.21. The lowest BCUT2D eigenvalue weighted by molar-refractivity contribution is -0.274. The van der Waals surface area contributed by atoms with Crippen LogP contribution in [-0.4, -0.2) is 98.1 Å². The Bertz CT molecular complexity index is 1020. The van der Waals surface area contributed by atoms with Crippen LogP contribution in [0.3, 0.4) is 0 Å². The molecule has 1 atom stereocenters. The number of alkyl halides is 3. The zero-order valence-electron chi connectivity index (χ0n) is 20.7. The Morgan fingerprint density at radius 2 is 2.03 bits per heavy atom. The average Bonchev–Trinajstić information content (AvgIpc) is 2.82. The number of piperazine rings is 1. The summed E-state index contributed by atoms with van der Waals surface area (Å²) in [7, 11) is 4.14. The number of halogens is 3. The Morgan fingerprint density at radius 3 is 2.78 bits per heavy atom. The van der Waals surface area contributed by atoms with Crippen LogP contribution in [0.1, 0.15) is 12.8 Å². The van der Waals surface area contributed by atoms with Gasteiger partial charge in [-0.05, 0) is 63.6 Å². The summed E-state index contributed by atoms with van der Waals surface area (Å²) in [6.07, 6.45) is 3.53. The molecule has 2 heterocycles. The minimum absolute atomic E-state index is 0.113. The van der Waals surface area contributed by atoms with Gasteiger partial charge in [-0.1, -0.05) is 24.3 Å². The van der Waals surface area contributed by atoms with Crippen molar-refractivity contribution in [3.8, 4) is 5.75 Å². The number of benzene rings is 1. The minimum Gasteiger partial charge on any atom is -0.406 e. The molecule has 0 aromatic heterocycles. The summed E-state index contributed by atoms with van der Waals surface area (Å²) in [6.45, 7) is 5.77. The molecule has 0 amide bonds. The lowest BCUT2D eigenvalue weighted by atomic mass is 9.96. The Hall–Kier alpha value is -2.34. The molecule has 1 N–H and O–H groups in total. The number of nitrogens with one attached hydrogen (secondary N) is 1. The summed E-state index contributed by atoms with van der Waals surface area (Å²) in [6, 6.07) is 6.23. The lowest BCUT2D eigenvalue weighted by Gasteiger charge is -2.35. The van der Waals surface area contributed by atoms with Gasteiger partial charge in [0.2, 0.25) is 0 Å². The van der Waals surface area contributed by atoms with E-state index in [1.54, 1.807) is 12.1 Å². The van der Waals surface area contributed by atoms with Crippen molar-refractivity contribution in [1.29, 1.82) is 0 Å². The molecule has 0 bridgehead atoms. The van der Waals surface area contributed by atoms with Gasteiger partial charge < -0.3 is 15.0 Å². The Labute approximate surface area is 214 Å². The molecule has 0 saturated carbocycles. The summed E-state index contributed by atoms with van der Waals surface area (Å²) in [4.78, 5) is 15.1. The van der Waals surface area contributed by atoms with Gasteiger partial charge in [0.25, 0.3) is 0 Å². The van der Waals surface area contributed by atoms with Gasteiger partial charge in [0.1, 0.15) is 17.4 Å². The lowest BCUT2D eigenvalue weighted by Crippen LogP contribution is -2.50. The van der Waals surface area contributed by atoms with Crippen LogP contribution in [0.2, 0.25) is 0 Å². The molecule has 1 aliphatic carbocycles. The maximum atomic E-state index is 12.5. The van der Waals surface area contributed by atoms with Crippen molar-refractivity contribution in [2.45, 2.75) is 30.1 Å². The number of fused-ring (bicyclic) bond motifs is 1.